The highest BCUT2D eigenvalue weighted by Gasteiger charge is 2.18. The molecule has 0 atom stereocenters. The third-order valence-corrected chi connectivity index (χ3v) is 2.86. The van der Waals surface area contributed by atoms with Crippen molar-refractivity contribution < 1.29 is 4.79 Å². The molecule has 98 valence electrons. The second-order valence-electron chi connectivity index (χ2n) is 3.74. The van der Waals surface area contributed by atoms with Gasteiger partial charge in [0.15, 0.2) is 0 Å². The minimum Gasteiger partial charge on any atom is -0.310 e. The van der Waals surface area contributed by atoms with Crippen molar-refractivity contribution in [3.05, 3.63) is 47.4 Å². The zero-order valence-corrected chi connectivity index (χ0v) is 10.9. The number of hydrogen-bond donors (Lipinski definition) is 2. The minimum absolute atomic E-state index is 0.136. The Balaban J connectivity index is 2.34. The summed E-state index contributed by atoms with van der Waals surface area (Å²) < 4.78 is 0. The van der Waals surface area contributed by atoms with Gasteiger partial charge in [0, 0.05) is 25.1 Å². The van der Waals surface area contributed by atoms with Gasteiger partial charge < -0.3 is 10.3 Å². The van der Waals surface area contributed by atoms with Crippen LogP contribution in [0.2, 0.25) is 5.02 Å². The van der Waals surface area contributed by atoms with Gasteiger partial charge >= 0.3 is 0 Å². The fourth-order valence-corrected chi connectivity index (χ4v) is 1.70. The van der Waals surface area contributed by atoms with Crippen LogP contribution in [0.3, 0.4) is 0 Å². The van der Waals surface area contributed by atoms with Gasteiger partial charge in [0.05, 0.1) is 5.02 Å². The van der Waals surface area contributed by atoms with Crippen LogP contribution in [0.25, 0.3) is 0 Å². The Morgan fingerprint density at radius 1 is 1.32 bits per heavy atom. The highest BCUT2D eigenvalue weighted by Crippen LogP contribution is 2.20. The lowest BCUT2D eigenvalue weighted by molar-refractivity contribution is 0.0988. The maximum absolute atomic E-state index is 12.3. The average Bonchev–Trinajstić information content (AvgIpc) is 2.47. The Hall–Kier alpha value is -2.18. The molecule has 0 aliphatic carbocycles. The van der Waals surface area contributed by atoms with Crippen molar-refractivity contribution in [2.45, 2.75) is 0 Å². The Morgan fingerprint density at radius 2 is 2.00 bits per heavy atom. The van der Waals surface area contributed by atoms with Crippen molar-refractivity contribution in [3.8, 4) is 0 Å². The van der Waals surface area contributed by atoms with Crippen molar-refractivity contribution in [2.24, 2.45) is 5.84 Å². The summed E-state index contributed by atoms with van der Waals surface area (Å²) in [5, 5.41) is 0.268. The van der Waals surface area contributed by atoms with E-state index in [0.29, 0.717) is 11.5 Å². The molecule has 2 aromatic rings. The number of aromatic nitrogens is 2. The van der Waals surface area contributed by atoms with E-state index in [1.807, 2.05) is 0 Å². The van der Waals surface area contributed by atoms with Crippen LogP contribution in [0.4, 0.5) is 11.5 Å². The second-order valence-corrected chi connectivity index (χ2v) is 4.15. The number of nitrogens with zero attached hydrogens (tertiary/aromatic N) is 3. The lowest BCUT2D eigenvalue weighted by Crippen LogP contribution is -2.27. The van der Waals surface area contributed by atoms with E-state index in [9.17, 15) is 4.79 Å². The van der Waals surface area contributed by atoms with Crippen LogP contribution in [0.1, 0.15) is 10.5 Å². The number of anilines is 2. The van der Waals surface area contributed by atoms with Crippen LogP contribution in [0.5, 0.6) is 0 Å². The molecule has 0 aliphatic rings. The van der Waals surface area contributed by atoms with Crippen LogP contribution >= 0.6 is 11.6 Å². The van der Waals surface area contributed by atoms with Crippen LogP contribution in [0.15, 0.2) is 36.7 Å². The smallest absolute Gasteiger partial charge is 0.278 e. The Labute approximate surface area is 115 Å². The van der Waals surface area contributed by atoms with E-state index in [4.69, 9.17) is 17.4 Å². The highest BCUT2D eigenvalue weighted by molar-refractivity contribution is 6.34. The highest BCUT2D eigenvalue weighted by atomic mass is 35.5. The molecule has 2 rings (SSSR count). The summed E-state index contributed by atoms with van der Waals surface area (Å²) in [5.41, 5.74) is 3.21. The third kappa shape index (κ3) is 2.81. The van der Waals surface area contributed by atoms with E-state index >= 15 is 0 Å². The monoisotopic (exact) mass is 277 g/mol. The number of nitrogen functional groups attached to an aromatic ring is 1. The van der Waals surface area contributed by atoms with Gasteiger partial charge in [0.1, 0.15) is 11.5 Å². The molecule has 0 aliphatic heterocycles. The SMILES string of the molecule is CN(C(=O)c1nc(NN)ccc1Cl)c1ccncc1. The van der Waals surface area contributed by atoms with E-state index in [1.165, 1.54) is 4.90 Å². The van der Waals surface area contributed by atoms with Gasteiger partial charge in [-0.25, -0.2) is 10.8 Å². The summed E-state index contributed by atoms with van der Waals surface area (Å²) in [5.74, 6) is 5.31. The van der Waals surface area contributed by atoms with Crippen LogP contribution in [-0.2, 0) is 0 Å². The van der Waals surface area contributed by atoms with E-state index < -0.39 is 0 Å². The molecule has 7 heteroatoms. The van der Waals surface area contributed by atoms with Crippen LogP contribution < -0.4 is 16.2 Å². The number of carbonyl (C=O) groups excluding carboxylic acids is 1. The lowest BCUT2D eigenvalue weighted by atomic mass is 10.3. The largest absolute Gasteiger partial charge is 0.310 e. The van der Waals surface area contributed by atoms with Crippen LogP contribution in [-0.4, -0.2) is 22.9 Å². The first-order valence-corrected chi connectivity index (χ1v) is 5.82. The van der Waals surface area contributed by atoms with Gasteiger partial charge in [0.2, 0.25) is 0 Å². The number of hydrazine groups is 1. The standard InChI is InChI=1S/C12H12ClN5O/c1-18(8-4-6-15-7-5-8)12(19)11-9(13)2-3-10(16-11)17-14/h2-7H,14H2,1H3,(H,16,17). The summed E-state index contributed by atoms with van der Waals surface area (Å²) >= 11 is 5.99. The molecule has 0 aromatic carbocycles. The van der Waals surface area contributed by atoms with Gasteiger partial charge in [-0.2, -0.15) is 0 Å². The predicted molar refractivity (Wildman–Crippen MR) is 74.0 cm³/mol. The van der Waals surface area contributed by atoms with Crippen molar-refractivity contribution in [1.29, 1.82) is 0 Å². The third-order valence-electron chi connectivity index (χ3n) is 2.55. The van der Waals surface area contributed by atoms with E-state index in [-0.39, 0.29) is 16.6 Å². The molecule has 6 nitrogen and oxygen atoms in total. The van der Waals surface area contributed by atoms with E-state index in [1.54, 1.807) is 43.7 Å². The molecular weight excluding hydrogens is 266 g/mol. The summed E-state index contributed by atoms with van der Waals surface area (Å²) in [6.45, 7) is 0. The van der Waals surface area contributed by atoms with Crippen LogP contribution in [0, 0.1) is 0 Å². The number of rotatable bonds is 3. The zero-order chi connectivity index (χ0) is 13.8. The quantitative estimate of drug-likeness (QED) is 0.659. The van der Waals surface area contributed by atoms with Crippen molar-refractivity contribution in [2.75, 3.05) is 17.4 Å². The fourth-order valence-electron chi connectivity index (χ4n) is 1.52. The molecular formula is C12H12ClN5O. The van der Waals surface area contributed by atoms with Gasteiger partial charge in [-0.15, -0.1) is 0 Å². The molecule has 0 radical (unpaired) electrons. The second kappa shape index (κ2) is 5.64. The first kappa shape index (κ1) is 13.3. The first-order valence-electron chi connectivity index (χ1n) is 5.44. The Bertz CT molecular complexity index is 590. The molecule has 2 heterocycles. The van der Waals surface area contributed by atoms with E-state index in [2.05, 4.69) is 15.4 Å². The molecule has 0 spiro atoms. The molecule has 0 unspecified atom stereocenters. The molecule has 0 bridgehead atoms. The minimum atomic E-state index is -0.326. The summed E-state index contributed by atoms with van der Waals surface area (Å²) in [4.78, 5) is 21.7. The molecule has 3 N–H and O–H groups in total. The number of nitrogens with two attached hydrogens (primary N) is 1. The summed E-state index contributed by atoms with van der Waals surface area (Å²) in [6, 6.07) is 6.59. The first-order chi connectivity index (χ1) is 9.13. The Morgan fingerprint density at radius 3 is 2.63 bits per heavy atom. The van der Waals surface area contributed by atoms with Crippen molar-refractivity contribution in [3.63, 3.8) is 0 Å². The predicted octanol–water partition coefficient (Wildman–Crippen LogP) is 1.69. The van der Waals surface area contributed by atoms with Gasteiger partial charge in [-0.05, 0) is 24.3 Å². The molecule has 19 heavy (non-hydrogen) atoms. The number of nitrogens with one attached hydrogen (secondary N) is 1. The zero-order valence-electron chi connectivity index (χ0n) is 10.2. The number of hydrogen-bond acceptors (Lipinski definition) is 5. The van der Waals surface area contributed by atoms with E-state index in [0.717, 1.165) is 0 Å². The maximum atomic E-state index is 12.3. The number of halogens is 1. The van der Waals surface area contributed by atoms with Crippen molar-refractivity contribution in [1.82, 2.24) is 9.97 Å². The number of carbonyl (C=O) groups is 1. The Kier molecular flexibility index (Phi) is 3.94. The molecule has 2 aromatic heterocycles. The lowest BCUT2D eigenvalue weighted by Gasteiger charge is -2.17. The van der Waals surface area contributed by atoms with Gasteiger partial charge in [0.25, 0.3) is 5.91 Å². The molecule has 0 saturated carbocycles. The van der Waals surface area contributed by atoms with Crippen molar-refractivity contribution >= 4 is 29.0 Å². The number of amides is 1. The van der Waals surface area contributed by atoms with Gasteiger partial charge in [-0.1, -0.05) is 11.6 Å². The average molecular weight is 278 g/mol. The topological polar surface area (TPSA) is 84.1 Å². The molecule has 1 amide bonds. The molecule has 0 fully saturated rings. The summed E-state index contributed by atoms with van der Waals surface area (Å²) in [6.07, 6.45) is 3.21. The maximum Gasteiger partial charge on any atom is 0.278 e. The number of pyridine rings is 2. The molecule has 0 saturated heterocycles. The fraction of sp³-hybridized carbons (Fsp3) is 0.0833. The summed E-state index contributed by atoms with van der Waals surface area (Å²) in [7, 11) is 1.64. The van der Waals surface area contributed by atoms with Gasteiger partial charge in [-0.3, -0.25) is 9.78 Å². The normalized spacial score (nSPS) is 10.1.